The Labute approximate surface area is 250 Å². The van der Waals surface area contributed by atoms with Crippen LogP contribution >= 0.6 is 0 Å². The summed E-state index contributed by atoms with van der Waals surface area (Å²) in [6.07, 6.45) is -7.51. The van der Waals surface area contributed by atoms with E-state index in [1.807, 2.05) is 0 Å². The maximum atomic E-state index is 14.0. The number of halogens is 7. The smallest absolute Gasteiger partial charge is 0.419 e. The molecule has 15 heteroatoms. The monoisotopic (exact) mass is 633 g/mol. The predicted molar refractivity (Wildman–Crippen MR) is 145 cm³/mol. The Morgan fingerprint density at radius 2 is 1.69 bits per heavy atom. The molecule has 8 nitrogen and oxygen atoms in total. The molecule has 2 aromatic heterocycles. The predicted octanol–water partition coefficient (Wildman–Crippen LogP) is 6.83. The van der Waals surface area contributed by atoms with E-state index in [1.165, 1.54) is 36.5 Å². The Balaban J connectivity index is 1.33. The van der Waals surface area contributed by atoms with E-state index in [9.17, 15) is 40.3 Å². The van der Waals surface area contributed by atoms with Crippen molar-refractivity contribution in [1.29, 1.82) is 0 Å². The van der Waals surface area contributed by atoms with Gasteiger partial charge in [0, 0.05) is 56.5 Å². The van der Waals surface area contributed by atoms with Gasteiger partial charge in [-0.15, -0.1) is 0 Å². The van der Waals surface area contributed by atoms with Crippen molar-refractivity contribution in [1.82, 2.24) is 19.7 Å². The maximum absolute atomic E-state index is 14.0. The van der Waals surface area contributed by atoms with E-state index in [0.29, 0.717) is 17.7 Å². The highest BCUT2D eigenvalue weighted by atomic mass is 19.4. The van der Waals surface area contributed by atoms with Crippen molar-refractivity contribution in [2.75, 3.05) is 25.0 Å². The van der Waals surface area contributed by atoms with Gasteiger partial charge in [0.25, 0.3) is 5.91 Å². The fourth-order valence-electron chi connectivity index (χ4n) is 5.63. The van der Waals surface area contributed by atoms with Gasteiger partial charge in [0.15, 0.2) is 5.69 Å². The molecule has 4 heterocycles. The zero-order valence-corrected chi connectivity index (χ0v) is 23.3. The summed E-state index contributed by atoms with van der Waals surface area (Å²) in [6.45, 7) is -0.0647. The molecule has 2 aliphatic rings. The van der Waals surface area contributed by atoms with Gasteiger partial charge in [-0.25, -0.2) is 13.9 Å². The number of fused-ring (bicyclic) bond motifs is 2. The molecule has 45 heavy (non-hydrogen) atoms. The van der Waals surface area contributed by atoms with Gasteiger partial charge >= 0.3 is 18.4 Å². The van der Waals surface area contributed by atoms with Crippen LogP contribution in [0.4, 0.5) is 41.2 Å². The number of rotatable bonds is 3. The highest BCUT2D eigenvalue weighted by Crippen LogP contribution is 2.47. The van der Waals surface area contributed by atoms with Crippen LogP contribution in [0.25, 0.3) is 16.9 Å². The number of hydrogen-bond acceptors (Lipinski definition) is 5. The summed E-state index contributed by atoms with van der Waals surface area (Å²) in [7, 11) is 1.38. The lowest BCUT2D eigenvalue weighted by Gasteiger charge is -2.46. The fraction of sp³-hybridized carbons (Fsp3) is 0.267. The Bertz CT molecular complexity index is 1800. The molecule has 0 N–H and O–H groups in total. The summed E-state index contributed by atoms with van der Waals surface area (Å²) in [5.74, 6) is -2.09. The van der Waals surface area contributed by atoms with Crippen LogP contribution in [0.15, 0.2) is 67.0 Å². The van der Waals surface area contributed by atoms with Gasteiger partial charge in [-0.1, -0.05) is 0 Å². The van der Waals surface area contributed by atoms with E-state index >= 15 is 0 Å². The maximum Gasteiger partial charge on any atom is 0.419 e. The van der Waals surface area contributed by atoms with Crippen LogP contribution in [0.2, 0.25) is 0 Å². The minimum Gasteiger partial charge on any atom is -0.437 e. The van der Waals surface area contributed by atoms with Crippen LogP contribution < -0.4 is 4.90 Å². The molecule has 234 valence electrons. The average Bonchev–Trinajstić information content (AvgIpc) is 3.45. The van der Waals surface area contributed by atoms with E-state index in [0.717, 1.165) is 27.8 Å². The Kier molecular flexibility index (Phi) is 7.08. The summed E-state index contributed by atoms with van der Waals surface area (Å²) < 4.78 is 102. The minimum absolute atomic E-state index is 0.0181. The molecule has 2 aliphatic heterocycles. The number of carbonyl (C=O) groups is 2. The number of likely N-dealkylation sites (tertiary alicyclic amines) is 1. The highest BCUT2D eigenvalue weighted by Gasteiger charge is 2.48. The topological polar surface area (TPSA) is 80.6 Å². The summed E-state index contributed by atoms with van der Waals surface area (Å²) in [6, 6.07) is 9.93. The lowest BCUT2D eigenvalue weighted by molar-refractivity contribution is -0.140. The van der Waals surface area contributed by atoms with Crippen molar-refractivity contribution in [3.05, 3.63) is 95.2 Å². The summed E-state index contributed by atoms with van der Waals surface area (Å²) in [5, 5.41) is 4.28. The van der Waals surface area contributed by atoms with Crippen molar-refractivity contribution < 1.29 is 45.1 Å². The Hall–Kier alpha value is -4.95. The SMILES string of the molecule is CN1C(=O)OC2(CCN(C(=O)c3cc(-c4cccnc4)n(-c4ccc(F)c(C(F)(F)F)c4)n3)CC2)c2cc(C(F)(F)F)ccc21. The molecule has 0 atom stereocenters. The summed E-state index contributed by atoms with van der Waals surface area (Å²) in [4.78, 5) is 32.8. The second-order valence-electron chi connectivity index (χ2n) is 10.7. The Morgan fingerprint density at radius 3 is 2.33 bits per heavy atom. The van der Waals surface area contributed by atoms with Gasteiger partial charge < -0.3 is 9.64 Å². The number of amides is 2. The lowest BCUT2D eigenvalue weighted by atomic mass is 9.81. The second kappa shape index (κ2) is 10.6. The van der Waals surface area contributed by atoms with Crippen molar-refractivity contribution in [2.45, 2.75) is 30.8 Å². The molecule has 1 fully saturated rings. The first-order valence-corrected chi connectivity index (χ1v) is 13.5. The molecular formula is C30H22F7N5O3. The molecule has 0 unspecified atom stereocenters. The summed E-state index contributed by atoms with van der Waals surface area (Å²) >= 11 is 0. The number of hydrogen-bond donors (Lipinski definition) is 0. The van der Waals surface area contributed by atoms with Crippen molar-refractivity contribution in [2.24, 2.45) is 0 Å². The largest absolute Gasteiger partial charge is 0.437 e. The molecule has 0 aliphatic carbocycles. The van der Waals surface area contributed by atoms with E-state index in [-0.39, 0.29) is 54.3 Å². The number of aromatic nitrogens is 3. The van der Waals surface area contributed by atoms with Gasteiger partial charge in [0.1, 0.15) is 11.4 Å². The van der Waals surface area contributed by atoms with Crippen molar-refractivity contribution in [3.63, 3.8) is 0 Å². The van der Waals surface area contributed by atoms with E-state index < -0.39 is 46.9 Å². The first kappa shape index (κ1) is 30.1. The highest BCUT2D eigenvalue weighted by molar-refractivity contribution is 5.94. The molecule has 2 amide bonds. The van der Waals surface area contributed by atoms with Crippen molar-refractivity contribution in [3.8, 4) is 16.9 Å². The molecule has 1 saturated heterocycles. The van der Waals surface area contributed by atoms with Crippen LogP contribution in [-0.4, -0.2) is 51.8 Å². The molecule has 2 aromatic carbocycles. The number of carbonyl (C=O) groups excluding carboxylic acids is 2. The molecule has 1 spiro atoms. The number of benzene rings is 2. The average molecular weight is 634 g/mol. The standard InChI is InChI=1S/C30H22F7N5O3/c1-40-24-7-4-18(29(32,33)34)13-21(24)28(45-27(40)44)8-11-41(12-9-28)26(43)23-15-25(17-3-2-10-38-16-17)42(39-23)19-5-6-22(31)20(14-19)30(35,36)37/h2-7,10,13-16H,8-9,11-12H2,1H3. The van der Waals surface area contributed by atoms with Crippen LogP contribution in [-0.2, 0) is 22.7 Å². The normalized spacial score (nSPS) is 16.5. The molecule has 0 bridgehead atoms. The third-order valence-electron chi connectivity index (χ3n) is 7.98. The van der Waals surface area contributed by atoms with Crippen LogP contribution in [0, 0.1) is 5.82 Å². The van der Waals surface area contributed by atoms with Gasteiger partial charge in [-0.05, 0) is 54.6 Å². The quantitative estimate of drug-likeness (QED) is 0.231. The van der Waals surface area contributed by atoms with Crippen LogP contribution in [0.5, 0.6) is 0 Å². The zero-order valence-electron chi connectivity index (χ0n) is 23.3. The number of alkyl halides is 6. The third kappa shape index (κ3) is 5.36. The molecular weight excluding hydrogens is 611 g/mol. The van der Waals surface area contributed by atoms with E-state index in [4.69, 9.17) is 4.74 Å². The molecule has 0 radical (unpaired) electrons. The number of piperidine rings is 1. The van der Waals surface area contributed by atoms with Crippen LogP contribution in [0.1, 0.15) is 40.0 Å². The summed E-state index contributed by atoms with van der Waals surface area (Å²) in [5.41, 5.74) is -3.09. The molecule has 4 aromatic rings. The number of pyridine rings is 1. The van der Waals surface area contributed by atoms with Gasteiger partial charge in [0.2, 0.25) is 0 Å². The molecule has 0 saturated carbocycles. The lowest BCUT2D eigenvalue weighted by Crippen LogP contribution is -2.51. The fourth-order valence-corrected chi connectivity index (χ4v) is 5.63. The first-order chi connectivity index (χ1) is 21.2. The number of nitrogens with zero attached hydrogens (tertiary/aromatic N) is 5. The zero-order chi connectivity index (χ0) is 32.3. The van der Waals surface area contributed by atoms with Gasteiger partial charge in [-0.2, -0.15) is 31.4 Å². The first-order valence-electron chi connectivity index (χ1n) is 13.5. The number of ether oxygens (including phenoxy) is 1. The number of anilines is 1. The van der Waals surface area contributed by atoms with E-state index in [2.05, 4.69) is 10.1 Å². The van der Waals surface area contributed by atoms with Gasteiger partial charge in [-0.3, -0.25) is 14.7 Å². The third-order valence-corrected chi connectivity index (χ3v) is 7.98. The Morgan fingerprint density at radius 1 is 0.956 bits per heavy atom. The van der Waals surface area contributed by atoms with Crippen LogP contribution in [0.3, 0.4) is 0 Å². The van der Waals surface area contributed by atoms with Gasteiger partial charge in [0.05, 0.1) is 28.2 Å². The molecule has 6 rings (SSSR count). The van der Waals surface area contributed by atoms with Crippen molar-refractivity contribution >= 4 is 17.7 Å². The van der Waals surface area contributed by atoms with E-state index in [1.54, 1.807) is 12.1 Å². The minimum atomic E-state index is -4.99. The second-order valence-corrected chi connectivity index (χ2v) is 10.7.